The summed E-state index contributed by atoms with van der Waals surface area (Å²) in [5.41, 5.74) is -3.00. The predicted octanol–water partition coefficient (Wildman–Crippen LogP) is -12.8. The van der Waals surface area contributed by atoms with Gasteiger partial charge in [0.25, 0.3) is 11.4 Å². The van der Waals surface area contributed by atoms with E-state index in [1.54, 1.807) is 0 Å². The van der Waals surface area contributed by atoms with Crippen LogP contribution < -0.4 is 109 Å². The summed E-state index contributed by atoms with van der Waals surface area (Å²) in [5, 5.41) is 127. The van der Waals surface area contributed by atoms with E-state index in [4.69, 9.17) is 85.9 Å². The number of phenolic OH excluding ortho intramolecular Hbond substituents is 1. The van der Waals surface area contributed by atoms with Gasteiger partial charge in [-0.25, -0.2) is 0 Å². The molecule has 0 fully saturated rings. The van der Waals surface area contributed by atoms with Crippen LogP contribution in [0.15, 0.2) is 12.1 Å². The summed E-state index contributed by atoms with van der Waals surface area (Å²) in [7, 11) is 5.58. The third-order valence-corrected chi connectivity index (χ3v) is 4.34. The number of nitro benzene ring substituents is 3. The van der Waals surface area contributed by atoms with E-state index in [2.05, 4.69) is 55.9 Å². The van der Waals surface area contributed by atoms with Gasteiger partial charge in [-0.1, -0.05) is 0 Å². The first-order valence-electron chi connectivity index (χ1n) is 13.7. The van der Waals surface area contributed by atoms with Crippen molar-refractivity contribution in [1.29, 1.82) is 0 Å². The van der Waals surface area contributed by atoms with Gasteiger partial charge in [-0.15, -0.1) is 0 Å². The van der Waals surface area contributed by atoms with Crippen LogP contribution in [0.1, 0.15) is 41.5 Å². The Kier molecular flexibility index (Phi) is 86.4. The molecule has 59 heavy (non-hydrogen) atoms. The summed E-state index contributed by atoms with van der Waals surface area (Å²) in [6.07, 6.45) is 0. The van der Waals surface area contributed by atoms with Crippen molar-refractivity contribution in [3.05, 3.63) is 88.4 Å². The zero-order valence-electron chi connectivity index (χ0n) is 35.3. The average Bonchev–Trinajstić information content (AvgIpc) is 2.92. The summed E-state index contributed by atoms with van der Waals surface area (Å²) in [4.78, 5) is 70.3. The van der Waals surface area contributed by atoms with E-state index in [0.717, 1.165) is 18.3 Å². The first kappa shape index (κ1) is 91.9. The van der Waals surface area contributed by atoms with Crippen LogP contribution in [0.5, 0.6) is 5.75 Å². The molecular weight excluding hydrogens is 862 g/mol. The zero-order valence-corrected chi connectivity index (χ0v) is 41.5. The van der Waals surface area contributed by atoms with Crippen molar-refractivity contribution >= 4 is 74.1 Å². The van der Waals surface area contributed by atoms with E-state index in [1.165, 1.54) is 30.7 Å². The quantitative estimate of drug-likeness (QED) is 0.111. The Balaban J connectivity index is -0.0000000390. The maximum atomic E-state index is 10.4. The van der Waals surface area contributed by atoms with Crippen molar-refractivity contribution in [2.45, 2.75) is 41.5 Å². The third kappa shape index (κ3) is 113. The standard InChI is InChI=1S/C8H20N.C6H3N3O7.C4H12N.2C2H4O2.BO3.Ca.Li.3NO3.H3N.2Na/c1-5-9(6-2,7-3)8-4;10-6-4(8(13)14)1-3(7(11)12)2-5(6)9(15)16;1-5(2,3)4;2*1-2(3)4;2-1(3)4;;;3*2-1(3)4;;;/h5-8H2,1-4H3;1-2,10H;1-4H3;2*1H3,(H,3,4);;;;;;;1H3;;/q+1;;+1;;;-3;+2;+1;3*-1;;2*+1/p-1. The van der Waals surface area contributed by atoms with Crippen LogP contribution in [0.25, 0.3) is 0 Å². The molecule has 0 aliphatic rings. The predicted molar refractivity (Wildman–Crippen MR) is 184 cm³/mol. The van der Waals surface area contributed by atoms with E-state index in [0.29, 0.717) is 12.1 Å². The number of nitrogens with zero attached hydrogens (tertiary/aromatic N) is 8. The number of carboxylic acids is 2. The van der Waals surface area contributed by atoms with E-state index in [9.17, 15) is 30.3 Å². The molecule has 0 bridgehead atoms. The molecule has 1 rings (SSSR count). The van der Waals surface area contributed by atoms with Gasteiger partial charge in [0.1, 0.15) is 0 Å². The van der Waals surface area contributed by atoms with Gasteiger partial charge in [-0.05, 0) is 41.5 Å². The van der Waals surface area contributed by atoms with Gasteiger partial charge in [0, 0.05) is 11.9 Å². The van der Waals surface area contributed by atoms with Crippen LogP contribution in [0.2, 0.25) is 0 Å². The molecule has 5 N–H and O–H groups in total. The zero-order chi connectivity index (χ0) is 45.7. The molecular formula is C22H45BCaLiN9Na2O23. The number of aromatic hydroxyl groups is 1. The monoisotopic (exact) mass is 907 g/mol. The average molecular weight is 907 g/mol. The molecule has 32 nitrogen and oxygen atoms in total. The number of phenols is 1. The molecule has 37 heteroatoms. The Morgan fingerprint density at radius 2 is 0.729 bits per heavy atom. The summed E-state index contributed by atoms with van der Waals surface area (Å²) in [5.74, 6) is -3.37. The van der Waals surface area contributed by atoms with Gasteiger partial charge in [-0.3, -0.25) is 37.7 Å². The van der Waals surface area contributed by atoms with Gasteiger partial charge in [0.2, 0.25) is 0 Å². The Hall–Kier alpha value is -2.56. The number of hydrogen-bond donors (Lipinski definition) is 2. The van der Waals surface area contributed by atoms with E-state index < -0.39 is 72.1 Å². The minimum absolute atomic E-state index is 0. The fraction of sp³-hybridized carbons (Fsp3) is 0.636. The van der Waals surface area contributed by atoms with Gasteiger partial charge in [0.05, 0.1) is 96.5 Å². The third-order valence-electron chi connectivity index (χ3n) is 4.34. The van der Waals surface area contributed by atoms with Crippen LogP contribution in [-0.4, -0.2) is 155 Å². The summed E-state index contributed by atoms with van der Waals surface area (Å²) >= 11 is 0. The Bertz CT molecular complexity index is 1140. The Labute approximate surface area is 423 Å². The van der Waals surface area contributed by atoms with Crippen LogP contribution in [-0.2, 0) is 9.59 Å². The topological polar surface area (TPSA) is 534 Å². The number of carbonyl (C=O) groups excluding carboxylic acids is 2. The largest absolute Gasteiger partial charge is 2.00 e. The molecule has 0 aliphatic carbocycles. The number of hydrogen-bond acceptors (Lipinski definition) is 23. The van der Waals surface area contributed by atoms with Crippen molar-refractivity contribution in [2.75, 3.05) is 54.4 Å². The summed E-state index contributed by atoms with van der Waals surface area (Å²) in [6, 6.07) is 0.894. The fourth-order valence-corrected chi connectivity index (χ4v) is 2.32. The van der Waals surface area contributed by atoms with Gasteiger partial charge in [0.15, 0.2) is 0 Å². The molecule has 324 valence electrons. The Morgan fingerprint density at radius 3 is 0.797 bits per heavy atom. The minimum atomic E-state index is -2.92. The van der Waals surface area contributed by atoms with Gasteiger partial charge >= 0.3 is 127 Å². The number of carbonyl (C=O) groups is 2. The van der Waals surface area contributed by atoms with E-state index >= 15 is 0 Å². The second-order valence-corrected chi connectivity index (χ2v) is 9.84. The molecule has 0 saturated heterocycles. The fourth-order valence-electron chi connectivity index (χ4n) is 2.32. The molecule has 0 radical (unpaired) electrons. The number of quaternary nitrogens is 3. The smallest absolute Gasteiger partial charge is 0.907 e. The van der Waals surface area contributed by atoms with Crippen LogP contribution in [0.3, 0.4) is 0 Å². The molecule has 0 unspecified atom stereocenters. The number of aliphatic carboxylic acids is 2. The maximum absolute atomic E-state index is 10.4. The van der Waals surface area contributed by atoms with Gasteiger partial charge in [-0.2, -0.15) is 0 Å². The number of nitro groups is 3. The molecule has 0 saturated carbocycles. The van der Waals surface area contributed by atoms with Crippen LogP contribution in [0, 0.1) is 76.3 Å². The minimum Gasteiger partial charge on any atom is -0.907 e. The molecule has 0 spiro atoms. The maximum Gasteiger partial charge on any atom is 2.00 e. The molecule has 0 aliphatic heterocycles. The second kappa shape index (κ2) is 55.4. The molecule has 1 aromatic rings. The van der Waals surface area contributed by atoms with E-state index in [1.807, 2.05) is 0 Å². The van der Waals surface area contributed by atoms with Crippen molar-refractivity contribution < 1.29 is 157 Å². The number of rotatable bonds is 7. The molecule has 0 amide bonds. The first-order chi connectivity index (χ1) is 24.0. The normalized spacial score (nSPS) is 8.02. The molecule has 0 aromatic heterocycles. The van der Waals surface area contributed by atoms with Crippen LogP contribution in [0.4, 0.5) is 17.1 Å². The number of benzene rings is 1. The van der Waals surface area contributed by atoms with Crippen molar-refractivity contribution in [3.8, 4) is 5.75 Å². The summed E-state index contributed by atoms with van der Waals surface area (Å²) < 4.78 is 2.28. The van der Waals surface area contributed by atoms with Crippen molar-refractivity contribution in [1.82, 2.24) is 6.15 Å². The summed E-state index contributed by atoms with van der Waals surface area (Å²) in [6.45, 7) is 16.2. The number of non-ortho nitro benzene ring substituents is 1. The molecule has 1 aromatic carbocycles. The van der Waals surface area contributed by atoms with E-state index in [-0.39, 0.29) is 122 Å². The molecule has 0 heterocycles. The van der Waals surface area contributed by atoms with Crippen LogP contribution >= 0.6 is 0 Å². The molecule has 0 atom stereocenters. The second-order valence-electron chi connectivity index (χ2n) is 9.84. The van der Waals surface area contributed by atoms with Crippen molar-refractivity contribution in [3.63, 3.8) is 0 Å². The Morgan fingerprint density at radius 1 is 0.593 bits per heavy atom. The first-order valence-corrected chi connectivity index (χ1v) is 13.7. The van der Waals surface area contributed by atoms with Crippen molar-refractivity contribution in [2.24, 2.45) is 0 Å². The number of carboxylic acid groups (broad SMARTS) is 2. The van der Waals surface area contributed by atoms with Gasteiger partial charge < -0.3 is 101 Å². The SMILES string of the molecule is CC(=O)[O-].CC(=O)[O-].CC[N+](CC)(CC)CC.C[N+](C)(C)C.O=[N+]([O-])[O-].O=[N+]([O-])[O-].O=[N+]([O-])[O-].O=[N+]([O-])c1cc([N+](=O)[O-])c(O)c([N+](=O)[O-])c1.[Ca+2].[Li+].[NH4+].[Na+].[Na+].[O-]B([O-])[O-].